The number of anilines is 1. The average Bonchev–Trinajstić information content (AvgIpc) is 2.55. The standard InChI is InChI=1S/C11H11ClN2OS/c1-7-6-16-11(15)14(7)5-8-4-9(13)2-3-10(8)12/h2-4,6H,5,13H2,1H3. The number of hydrogen-bond acceptors (Lipinski definition) is 3. The van der Waals surface area contributed by atoms with Gasteiger partial charge in [-0.05, 0) is 30.7 Å². The number of aryl methyl sites for hydroxylation is 1. The van der Waals surface area contributed by atoms with E-state index in [9.17, 15) is 4.79 Å². The fraction of sp³-hybridized carbons (Fsp3) is 0.182. The number of nitrogens with two attached hydrogens (primary N) is 1. The third-order valence-electron chi connectivity index (χ3n) is 2.37. The quantitative estimate of drug-likeness (QED) is 0.837. The molecule has 0 spiro atoms. The van der Waals surface area contributed by atoms with E-state index in [1.54, 1.807) is 22.8 Å². The first-order valence-electron chi connectivity index (χ1n) is 4.77. The van der Waals surface area contributed by atoms with Crippen LogP contribution in [0, 0.1) is 6.92 Å². The second kappa shape index (κ2) is 4.31. The van der Waals surface area contributed by atoms with Crippen LogP contribution in [0.1, 0.15) is 11.3 Å². The van der Waals surface area contributed by atoms with Crippen molar-refractivity contribution in [1.82, 2.24) is 4.57 Å². The third-order valence-corrected chi connectivity index (χ3v) is 3.62. The lowest BCUT2D eigenvalue weighted by Gasteiger charge is -2.07. The molecule has 0 unspecified atom stereocenters. The Labute approximate surface area is 102 Å². The van der Waals surface area contributed by atoms with E-state index in [0.29, 0.717) is 17.3 Å². The molecule has 1 heterocycles. The summed E-state index contributed by atoms with van der Waals surface area (Å²) in [5, 5.41) is 2.47. The molecule has 0 atom stereocenters. The molecule has 0 aliphatic carbocycles. The molecule has 16 heavy (non-hydrogen) atoms. The van der Waals surface area contributed by atoms with Crippen LogP contribution in [0.15, 0.2) is 28.4 Å². The molecule has 84 valence electrons. The molecule has 1 aromatic heterocycles. The second-order valence-electron chi connectivity index (χ2n) is 3.58. The van der Waals surface area contributed by atoms with E-state index in [-0.39, 0.29) is 4.87 Å². The van der Waals surface area contributed by atoms with E-state index in [1.807, 2.05) is 12.3 Å². The Morgan fingerprint density at radius 3 is 2.88 bits per heavy atom. The number of nitrogen functional groups attached to an aromatic ring is 1. The van der Waals surface area contributed by atoms with Crippen molar-refractivity contribution in [2.75, 3.05) is 5.73 Å². The Balaban J connectivity index is 2.41. The summed E-state index contributed by atoms with van der Waals surface area (Å²) in [6.07, 6.45) is 0. The molecule has 0 saturated heterocycles. The molecule has 1 aromatic carbocycles. The van der Waals surface area contributed by atoms with Gasteiger partial charge in [-0.25, -0.2) is 0 Å². The van der Waals surface area contributed by atoms with Crippen LogP contribution in [-0.4, -0.2) is 4.57 Å². The van der Waals surface area contributed by atoms with Crippen LogP contribution in [-0.2, 0) is 6.54 Å². The Kier molecular flexibility index (Phi) is 3.03. The van der Waals surface area contributed by atoms with Gasteiger partial charge in [0.2, 0.25) is 0 Å². The van der Waals surface area contributed by atoms with Crippen molar-refractivity contribution >= 4 is 28.6 Å². The minimum atomic E-state index is 0.0241. The predicted molar refractivity (Wildman–Crippen MR) is 68.3 cm³/mol. The fourth-order valence-electron chi connectivity index (χ4n) is 1.48. The molecule has 0 aliphatic rings. The van der Waals surface area contributed by atoms with Gasteiger partial charge < -0.3 is 5.73 Å². The maximum atomic E-state index is 11.5. The van der Waals surface area contributed by atoms with Gasteiger partial charge in [0.25, 0.3) is 0 Å². The lowest BCUT2D eigenvalue weighted by Crippen LogP contribution is -2.15. The van der Waals surface area contributed by atoms with E-state index < -0.39 is 0 Å². The van der Waals surface area contributed by atoms with E-state index in [4.69, 9.17) is 17.3 Å². The topological polar surface area (TPSA) is 48.0 Å². The summed E-state index contributed by atoms with van der Waals surface area (Å²) in [5.74, 6) is 0. The van der Waals surface area contributed by atoms with Crippen molar-refractivity contribution in [3.8, 4) is 0 Å². The van der Waals surface area contributed by atoms with Crippen molar-refractivity contribution in [3.05, 3.63) is 49.5 Å². The number of hydrogen-bond donors (Lipinski definition) is 1. The van der Waals surface area contributed by atoms with Gasteiger partial charge in [-0.2, -0.15) is 0 Å². The summed E-state index contributed by atoms with van der Waals surface area (Å²) in [6, 6.07) is 5.29. The Bertz CT molecular complexity index is 574. The minimum Gasteiger partial charge on any atom is -0.399 e. The fourth-order valence-corrected chi connectivity index (χ4v) is 2.39. The SMILES string of the molecule is Cc1csc(=O)n1Cc1cc(N)ccc1Cl. The highest BCUT2D eigenvalue weighted by atomic mass is 35.5. The molecule has 0 saturated carbocycles. The molecule has 0 radical (unpaired) electrons. The van der Waals surface area contributed by atoms with Crippen LogP contribution < -0.4 is 10.6 Å². The Morgan fingerprint density at radius 2 is 2.25 bits per heavy atom. The molecular formula is C11H11ClN2OS. The highest BCUT2D eigenvalue weighted by Gasteiger charge is 2.06. The maximum Gasteiger partial charge on any atom is 0.307 e. The van der Waals surface area contributed by atoms with Gasteiger partial charge in [0.05, 0.1) is 6.54 Å². The highest BCUT2D eigenvalue weighted by molar-refractivity contribution is 7.07. The van der Waals surface area contributed by atoms with E-state index >= 15 is 0 Å². The molecule has 0 bridgehead atoms. The third kappa shape index (κ3) is 2.13. The van der Waals surface area contributed by atoms with E-state index in [0.717, 1.165) is 11.3 Å². The van der Waals surface area contributed by atoms with Gasteiger partial charge in [-0.3, -0.25) is 9.36 Å². The van der Waals surface area contributed by atoms with Crippen LogP contribution in [0.5, 0.6) is 0 Å². The average molecular weight is 255 g/mol. The number of halogens is 1. The van der Waals surface area contributed by atoms with Crippen LogP contribution in [0.4, 0.5) is 5.69 Å². The summed E-state index contributed by atoms with van der Waals surface area (Å²) in [5.41, 5.74) is 8.15. The highest BCUT2D eigenvalue weighted by Crippen LogP contribution is 2.20. The lowest BCUT2D eigenvalue weighted by atomic mass is 10.2. The molecular weight excluding hydrogens is 244 g/mol. The van der Waals surface area contributed by atoms with Crippen molar-refractivity contribution in [2.45, 2.75) is 13.5 Å². The van der Waals surface area contributed by atoms with Gasteiger partial charge >= 0.3 is 4.87 Å². The van der Waals surface area contributed by atoms with Gasteiger partial charge in [-0.1, -0.05) is 22.9 Å². The zero-order valence-electron chi connectivity index (χ0n) is 8.74. The summed E-state index contributed by atoms with van der Waals surface area (Å²) in [6.45, 7) is 2.37. The summed E-state index contributed by atoms with van der Waals surface area (Å²) >= 11 is 7.24. The molecule has 0 amide bonds. The van der Waals surface area contributed by atoms with Crippen molar-refractivity contribution in [1.29, 1.82) is 0 Å². The molecule has 2 N–H and O–H groups in total. The first-order chi connectivity index (χ1) is 7.58. The van der Waals surface area contributed by atoms with Crippen molar-refractivity contribution < 1.29 is 0 Å². The van der Waals surface area contributed by atoms with Crippen LogP contribution in [0.2, 0.25) is 5.02 Å². The number of nitrogens with zero attached hydrogens (tertiary/aromatic N) is 1. The normalized spacial score (nSPS) is 10.6. The van der Waals surface area contributed by atoms with Crippen molar-refractivity contribution in [3.63, 3.8) is 0 Å². The predicted octanol–water partition coefficient (Wildman–Crippen LogP) is 2.50. The molecule has 2 rings (SSSR count). The first-order valence-corrected chi connectivity index (χ1v) is 6.02. The van der Waals surface area contributed by atoms with E-state index in [1.165, 1.54) is 11.3 Å². The van der Waals surface area contributed by atoms with Crippen molar-refractivity contribution in [2.24, 2.45) is 0 Å². The molecule has 3 nitrogen and oxygen atoms in total. The lowest BCUT2D eigenvalue weighted by molar-refractivity contribution is 0.755. The molecule has 0 fully saturated rings. The maximum absolute atomic E-state index is 11.5. The zero-order chi connectivity index (χ0) is 11.7. The largest absolute Gasteiger partial charge is 0.399 e. The minimum absolute atomic E-state index is 0.0241. The monoisotopic (exact) mass is 254 g/mol. The van der Waals surface area contributed by atoms with Gasteiger partial charge in [0, 0.05) is 21.8 Å². The van der Waals surface area contributed by atoms with Gasteiger partial charge in [-0.15, -0.1) is 0 Å². The van der Waals surface area contributed by atoms with Gasteiger partial charge in [0.1, 0.15) is 0 Å². The smallest absolute Gasteiger partial charge is 0.307 e. The number of aromatic nitrogens is 1. The number of benzene rings is 1. The first kappa shape index (κ1) is 11.2. The Morgan fingerprint density at radius 1 is 1.50 bits per heavy atom. The van der Waals surface area contributed by atoms with Gasteiger partial charge in [0.15, 0.2) is 0 Å². The van der Waals surface area contributed by atoms with E-state index in [2.05, 4.69) is 0 Å². The number of thiazole rings is 1. The zero-order valence-corrected chi connectivity index (χ0v) is 10.3. The second-order valence-corrected chi connectivity index (χ2v) is 4.81. The summed E-state index contributed by atoms with van der Waals surface area (Å²) in [7, 11) is 0. The summed E-state index contributed by atoms with van der Waals surface area (Å²) < 4.78 is 1.69. The molecule has 5 heteroatoms. The molecule has 0 aliphatic heterocycles. The van der Waals surface area contributed by atoms with Crippen LogP contribution in [0.3, 0.4) is 0 Å². The molecule has 2 aromatic rings. The Hall–Kier alpha value is -1.26. The summed E-state index contributed by atoms with van der Waals surface area (Å²) in [4.78, 5) is 11.6. The number of rotatable bonds is 2. The van der Waals surface area contributed by atoms with Crippen LogP contribution in [0.25, 0.3) is 0 Å². The van der Waals surface area contributed by atoms with Crippen LogP contribution >= 0.6 is 22.9 Å².